The van der Waals surface area contributed by atoms with E-state index in [-0.39, 0.29) is 5.97 Å². The summed E-state index contributed by atoms with van der Waals surface area (Å²) in [5, 5.41) is 0. The number of hydrogen-bond acceptors (Lipinski definition) is 4. The first-order valence-electron chi connectivity index (χ1n) is 7.48. The van der Waals surface area contributed by atoms with Gasteiger partial charge in [0.2, 0.25) is 0 Å². The Morgan fingerprint density at radius 3 is 2.68 bits per heavy atom. The van der Waals surface area contributed by atoms with Crippen molar-refractivity contribution in [2.75, 3.05) is 20.2 Å². The van der Waals surface area contributed by atoms with Crippen molar-refractivity contribution in [3.8, 4) is 0 Å². The summed E-state index contributed by atoms with van der Waals surface area (Å²) in [6.45, 7) is 6.99. The molecule has 1 saturated heterocycles. The smallest absolute Gasteiger partial charge is 0.325 e. The predicted octanol–water partition coefficient (Wildman–Crippen LogP) is 1.92. The molecule has 2 unspecified atom stereocenters. The Morgan fingerprint density at radius 2 is 2.00 bits per heavy atom. The fraction of sp³-hybridized carbons (Fsp3) is 0.933. The molecule has 2 atom stereocenters. The molecule has 19 heavy (non-hydrogen) atoms. The highest BCUT2D eigenvalue weighted by molar-refractivity contribution is 5.81. The Kier molecular flexibility index (Phi) is 4.21. The molecule has 1 aliphatic heterocycles. The molecule has 0 bridgehead atoms. The van der Waals surface area contributed by atoms with Gasteiger partial charge in [-0.2, -0.15) is 0 Å². The second-order valence-electron chi connectivity index (χ2n) is 7.10. The fourth-order valence-electron chi connectivity index (χ4n) is 3.56. The molecule has 110 valence electrons. The van der Waals surface area contributed by atoms with Gasteiger partial charge in [-0.25, -0.2) is 0 Å². The number of carbonyl (C=O) groups excluding carboxylic acids is 1. The molecule has 0 aromatic rings. The first-order chi connectivity index (χ1) is 8.86. The van der Waals surface area contributed by atoms with Crippen LogP contribution in [0.4, 0.5) is 0 Å². The van der Waals surface area contributed by atoms with Crippen LogP contribution in [0.25, 0.3) is 0 Å². The van der Waals surface area contributed by atoms with Crippen LogP contribution >= 0.6 is 0 Å². The highest BCUT2D eigenvalue weighted by atomic mass is 16.5. The monoisotopic (exact) mass is 268 g/mol. The lowest BCUT2D eigenvalue weighted by atomic mass is 9.85. The summed E-state index contributed by atoms with van der Waals surface area (Å²) >= 11 is 0. The van der Waals surface area contributed by atoms with Gasteiger partial charge in [-0.05, 0) is 57.0 Å². The van der Waals surface area contributed by atoms with E-state index in [2.05, 4.69) is 18.7 Å². The normalized spacial score (nSPS) is 35.9. The molecule has 1 heterocycles. The van der Waals surface area contributed by atoms with Crippen molar-refractivity contribution in [3.05, 3.63) is 0 Å². The molecule has 0 amide bonds. The number of carbonyl (C=O) groups is 1. The summed E-state index contributed by atoms with van der Waals surface area (Å²) in [4.78, 5) is 14.3. The standard InChI is InChI=1S/C15H28N2O2/c1-14(2)6-4-9-17(10-8-14)12-5-7-15(16,11-12)13(18)19-3/h12H,4-11,16H2,1-3H3. The Balaban J connectivity index is 1.95. The number of methoxy groups -OCH3 is 1. The zero-order chi connectivity index (χ0) is 14.1. The minimum absolute atomic E-state index is 0.245. The van der Waals surface area contributed by atoms with Gasteiger partial charge in [-0.3, -0.25) is 4.79 Å². The van der Waals surface area contributed by atoms with E-state index in [1.54, 1.807) is 0 Å². The van der Waals surface area contributed by atoms with Crippen molar-refractivity contribution in [2.45, 2.75) is 64.0 Å². The molecule has 2 rings (SSSR count). The van der Waals surface area contributed by atoms with Crippen LogP contribution < -0.4 is 5.73 Å². The first kappa shape index (κ1) is 14.8. The molecule has 2 aliphatic rings. The Bertz CT molecular complexity index is 343. The molecule has 4 nitrogen and oxygen atoms in total. The lowest BCUT2D eigenvalue weighted by molar-refractivity contribution is -0.147. The van der Waals surface area contributed by atoms with Crippen molar-refractivity contribution in [1.82, 2.24) is 4.90 Å². The molecule has 1 aliphatic carbocycles. The van der Waals surface area contributed by atoms with E-state index in [0.717, 1.165) is 32.4 Å². The number of nitrogens with zero attached hydrogens (tertiary/aromatic N) is 1. The third-order valence-electron chi connectivity index (χ3n) is 5.01. The van der Waals surface area contributed by atoms with E-state index in [9.17, 15) is 4.79 Å². The molecule has 2 N–H and O–H groups in total. The van der Waals surface area contributed by atoms with E-state index in [1.165, 1.54) is 26.4 Å². The van der Waals surface area contributed by atoms with Gasteiger partial charge in [0.15, 0.2) is 0 Å². The number of likely N-dealkylation sites (tertiary alicyclic amines) is 1. The van der Waals surface area contributed by atoms with Crippen LogP contribution in [0.15, 0.2) is 0 Å². The Labute approximate surface area is 116 Å². The van der Waals surface area contributed by atoms with Crippen LogP contribution in [0.3, 0.4) is 0 Å². The summed E-state index contributed by atoms with van der Waals surface area (Å²) in [6, 6.07) is 0.456. The van der Waals surface area contributed by atoms with Gasteiger partial charge < -0.3 is 15.4 Å². The number of rotatable bonds is 2. The Hall–Kier alpha value is -0.610. The van der Waals surface area contributed by atoms with Gasteiger partial charge in [-0.1, -0.05) is 13.8 Å². The van der Waals surface area contributed by atoms with Crippen molar-refractivity contribution < 1.29 is 9.53 Å². The van der Waals surface area contributed by atoms with Crippen molar-refractivity contribution >= 4 is 5.97 Å². The third-order valence-corrected chi connectivity index (χ3v) is 5.01. The molecule has 0 radical (unpaired) electrons. The van der Waals surface area contributed by atoms with Gasteiger partial charge in [-0.15, -0.1) is 0 Å². The van der Waals surface area contributed by atoms with Gasteiger partial charge >= 0.3 is 5.97 Å². The lowest BCUT2D eigenvalue weighted by Gasteiger charge is -2.29. The summed E-state index contributed by atoms with van der Waals surface area (Å²) in [5.74, 6) is -0.245. The third kappa shape index (κ3) is 3.29. The van der Waals surface area contributed by atoms with Gasteiger partial charge in [0.25, 0.3) is 0 Å². The molecule has 2 fully saturated rings. The Morgan fingerprint density at radius 1 is 1.26 bits per heavy atom. The van der Waals surface area contributed by atoms with E-state index in [0.29, 0.717) is 11.5 Å². The van der Waals surface area contributed by atoms with E-state index >= 15 is 0 Å². The van der Waals surface area contributed by atoms with Crippen LogP contribution in [0.2, 0.25) is 0 Å². The predicted molar refractivity (Wildman–Crippen MR) is 75.8 cm³/mol. The minimum Gasteiger partial charge on any atom is -0.468 e. The van der Waals surface area contributed by atoms with Crippen molar-refractivity contribution in [3.63, 3.8) is 0 Å². The maximum atomic E-state index is 11.8. The van der Waals surface area contributed by atoms with Gasteiger partial charge in [0, 0.05) is 6.04 Å². The molecule has 0 aromatic carbocycles. The topological polar surface area (TPSA) is 55.6 Å². The maximum absolute atomic E-state index is 11.8. The SMILES string of the molecule is COC(=O)C1(N)CCC(N2CCCC(C)(C)CC2)C1. The fourth-order valence-corrected chi connectivity index (χ4v) is 3.56. The largest absolute Gasteiger partial charge is 0.468 e. The minimum atomic E-state index is -0.749. The first-order valence-corrected chi connectivity index (χ1v) is 7.48. The average Bonchev–Trinajstić information content (AvgIpc) is 2.66. The zero-order valence-electron chi connectivity index (χ0n) is 12.6. The molecular formula is C15H28N2O2. The number of nitrogens with two attached hydrogens (primary N) is 1. The summed E-state index contributed by atoms with van der Waals surface area (Å²) in [6.07, 6.45) is 6.30. The van der Waals surface area contributed by atoms with Gasteiger partial charge in [0.1, 0.15) is 5.54 Å². The summed E-state index contributed by atoms with van der Waals surface area (Å²) in [7, 11) is 1.43. The van der Waals surface area contributed by atoms with Crippen LogP contribution in [0.5, 0.6) is 0 Å². The second kappa shape index (κ2) is 5.41. The van der Waals surface area contributed by atoms with Crippen LogP contribution in [0.1, 0.15) is 52.4 Å². The molecular weight excluding hydrogens is 240 g/mol. The van der Waals surface area contributed by atoms with Crippen molar-refractivity contribution in [1.29, 1.82) is 0 Å². The van der Waals surface area contributed by atoms with E-state index < -0.39 is 5.54 Å². The zero-order valence-corrected chi connectivity index (χ0v) is 12.6. The quantitative estimate of drug-likeness (QED) is 0.777. The van der Waals surface area contributed by atoms with Crippen LogP contribution in [0, 0.1) is 5.41 Å². The highest BCUT2D eigenvalue weighted by Gasteiger charge is 2.45. The van der Waals surface area contributed by atoms with Crippen molar-refractivity contribution in [2.24, 2.45) is 11.1 Å². The summed E-state index contributed by atoms with van der Waals surface area (Å²) in [5.41, 5.74) is 5.91. The molecule has 4 heteroatoms. The number of ether oxygens (including phenoxy) is 1. The van der Waals surface area contributed by atoms with E-state index in [1.807, 2.05) is 0 Å². The molecule has 0 spiro atoms. The number of esters is 1. The molecule has 1 saturated carbocycles. The second-order valence-corrected chi connectivity index (χ2v) is 7.10. The van der Waals surface area contributed by atoms with Crippen LogP contribution in [-0.4, -0.2) is 42.6 Å². The van der Waals surface area contributed by atoms with E-state index in [4.69, 9.17) is 10.5 Å². The average molecular weight is 268 g/mol. The number of hydrogen-bond donors (Lipinski definition) is 1. The maximum Gasteiger partial charge on any atom is 0.325 e. The summed E-state index contributed by atoms with van der Waals surface area (Å²) < 4.78 is 4.85. The van der Waals surface area contributed by atoms with Gasteiger partial charge in [0.05, 0.1) is 7.11 Å². The highest BCUT2D eigenvalue weighted by Crippen LogP contribution is 2.36. The van der Waals surface area contributed by atoms with Crippen LogP contribution in [-0.2, 0) is 9.53 Å². The molecule has 0 aromatic heterocycles. The lowest BCUT2D eigenvalue weighted by Crippen LogP contribution is -2.48.